The Hall–Kier alpha value is -2.08. The van der Waals surface area contributed by atoms with E-state index in [0.717, 1.165) is 12.3 Å². The molecule has 0 aromatic carbocycles. The number of aromatic nitrogens is 1. The van der Waals surface area contributed by atoms with Gasteiger partial charge in [-0.1, -0.05) is 0 Å². The van der Waals surface area contributed by atoms with E-state index in [1.54, 1.807) is 0 Å². The SMILES string of the molecule is N#Cc1ncc(C(O)C(O)CO)cc1[N+](=O)[O-]. The lowest BCUT2D eigenvalue weighted by Crippen LogP contribution is -2.22. The Morgan fingerprint density at radius 2 is 2.24 bits per heavy atom. The Kier molecular flexibility index (Phi) is 4.06. The lowest BCUT2D eigenvalue weighted by Gasteiger charge is -2.15. The highest BCUT2D eigenvalue weighted by molar-refractivity contribution is 5.45. The number of nitro groups is 1. The van der Waals surface area contributed by atoms with Crippen molar-refractivity contribution in [3.63, 3.8) is 0 Å². The Balaban J connectivity index is 3.17. The fraction of sp³-hybridized carbons (Fsp3) is 0.333. The van der Waals surface area contributed by atoms with Gasteiger partial charge in [-0.3, -0.25) is 10.1 Å². The summed E-state index contributed by atoms with van der Waals surface area (Å²) in [4.78, 5) is 13.3. The second-order valence-corrected chi connectivity index (χ2v) is 3.20. The number of hydrogen-bond acceptors (Lipinski definition) is 7. The third-order valence-electron chi connectivity index (χ3n) is 2.08. The highest BCUT2D eigenvalue weighted by Gasteiger charge is 2.23. The molecular formula is C9H9N3O5. The predicted octanol–water partition coefficient (Wildman–Crippen LogP) is -0.752. The van der Waals surface area contributed by atoms with Crippen molar-refractivity contribution in [3.05, 3.63) is 33.6 Å². The Morgan fingerprint density at radius 1 is 1.59 bits per heavy atom. The van der Waals surface area contributed by atoms with E-state index < -0.39 is 29.4 Å². The first-order chi connectivity index (χ1) is 8.01. The van der Waals surface area contributed by atoms with Crippen LogP contribution >= 0.6 is 0 Å². The first-order valence-corrected chi connectivity index (χ1v) is 4.52. The Morgan fingerprint density at radius 3 is 2.71 bits per heavy atom. The standard InChI is InChI=1S/C9H9N3O5/c10-2-6-7(12(16)17)1-5(3-11-6)9(15)8(14)4-13/h1,3,8-9,13-15H,4H2. The van der Waals surface area contributed by atoms with Crippen molar-refractivity contribution in [2.45, 2.75) is 12.2 Å². The molecule has 0 spiro atoms. The average Bonchev–Trinajstić information content (AvgIpc) is 2.35. The molecule has 0 amide bonds. The van der Waals surface area contributed by atoms with Crippen molar-refractivity contribution in [3.8, 4) is 6.07 Å². The molecule has 17 heavy (non-hydrogen) atoms. The molecule has 8 heteroatoms. The first kappa shape index (κ1) is 13.0. The van der Waals surface area contributed by atoms with Crippen LogP contribution in [0.1, 0.15) is 17.4 Å². The molecule has 1 aromatic heterocycles. The smallest absolute Gasteiger partial charge is 0.306 e. The number of nitriles is 1. The van der Waals surface area contributed by atoms with Gasteiger partial charge in [-0.25, -0.2) is 4.98 Å². The summed E-state index contributed by atoms with van der Waals surface area (Å²) in [6.07, 6.45) is -1.93. The fourth-order valence-corrected chi connectivity index (χ4v) is 1.18. The lowest BCUT2D eigenvalue weighted by molar-refractivity contribution is -0.385. The first-order valence-electron chi connectivity index (χ1n) is 4.52. The molecule has 0 bridgehead atoms. The maximum absolute atomic E-state index is 10.6. The summed E-state index contributed by atoms with van der Waals surface area (Å²) >= 11 is 0. The fourth-order valence-electron chi connectivity index (χ4n) is 1.18. The summed E-state index contributed by atoms with van der Waals surface area (Å²) in [5, 5.41) is 46.5. The van der Waals surface area contributed by atoms with Gasteiger partial charge in [-0.15, -0.1) is 0 Å². The molecule has 0 aliphatic rings. The van der Waals surface area contributed by atoms with Gasteiger partial charge in [0.1, 0.15) is 18.3 Å². The van der Waals surface area contributed by atoms with E-state index in [1.165, 1.54) is 6.07 Å². The van der Waals surface area contributed by atoms with Crippen LogP contribution in [0, 0.1) is 21.4 Å². The molecule has 0 radical (unpaired) electrons. The number of rotatable bonds is 4. The summed E-state index contributed by atoms with van der Waals surface area (Å²) in [7, 11) is 0. The van der Waals surface area contributed by atoms with Crippen LogP contribution in [0.25, 0.3) is 0 Å². The van der Waals surface area contributed by atoms with Crippen LogP contribution in [-0.4, -0.2) is 37.9 Å². The minimum atomic E-state index is -1.50. The summed E-state index contributed by atoms with van der Waals surface area (Å²) in [5.74, 6) is 0. The number of nitrogens with zero attached hydrogens (tertiary/aromatic N) is 3. The normalized spacial score (nSPS) is 13.8. The third-order valence-corrected chi connectivity index (χ3v) is 2.08. The van der Waals surface area contributed by atoms with Crippen LogP contribution in [0.3, 0.4) is 0 Å². The molecule has 90 valence electrons. The zero-order valence-electron chi connectivity index (χ0n) is 8.52. The van der Waals surface area contributed by atoms with E-state index in [-0.39, 0.29) is 11.3 Å². The number of hydrogen-bond donors (Lipinski definition) is 3. The van der Waals surface area contributed by atoms with Gasteiger partial charge in [0.05, 0.1) is 11.5 Å². The minimum absolute atomic E-state index is 0.0442. The van der Waals surface area contributed by atoms with Crippen LogP contribution in [0.5, 0.6) is 0 Å². The van der Waals surface area contributed by atoms with Crippen molar-refractivity contribution >= 4 is 5.69 Å². The van der Waals surface area contributed by atoms with Crippen LogP contribution in [0.2, 0.25) is 0 Å². The number of aliphatic hydroxyl groups is 3. The van der Waals surface area contributed by atoms with Gasteiger partial charge in [0.15, 0.2) is 0 Å². The highest BCUT2D eigenvalue weighted by atomic mass is 16.6. The highest BCUT2D eigenvalue weighted by Crippen LogP contribution is 2.23. The van der Waals surface area contributed by atoms with E-state index in [0.29, 0.717) is 0 Å². The maximum Gasteiger partial charge on any atom is 0.306 e. The average molecular weight is 239 g/mol. The summed E-state index contributed by atoms with van der Waals surface area (Å²) in [6, 6.07) is 2.48. The van der Waals surface area contributed by atoms with Gasteiger partial charge in [0, 0.05) is 17.8 Å². The topological polar surface area (TPSA) is 141 Å². The second-order valence-electron chi connectivity index (χ2n) is 3.20. The summed E-state index contributed by atoms with van der Waals surface area (Å²) in [6.45, 7) is -0.699. The quantitative estimate of drug-likeness (QED) is 0.463. The zero-order chi connectivity index (χ0) is 13.0. The summed E-state index contributed by atoms with van der Waals surface area (Å²) < 4.78 is 0. The van der Waals surface area contributed by atoms with Crippen LogP contribution in [0.4, 0.5) is 5.69 Å². The van der Waals surface area contributed by atoms with Crippen LogP contribution < -0.4 is 0 Å². The van der Waals surface area contributed by atoms with Gasteiger partial charge in [0.2, 0.25) is 5.69 Å². The molecule has 1 heterocycles. The van der Waals surface area contributed by atoms with Gasteiger partial charge in [0.25, 0.3) is 0 Å². The van der Waals surface area contributed by atoms with E-state index in [4.69, 9.17) is 10.4 Å². The Bertz CT molecular complexity index is 470. The van der Waals surface area contributed by atoms with E-state index in [2.05, 4.69) is 4.98 Å². The molecule has 0 saturated carbocycles. The number of pyridine rings is 1. The van der Waals surface area contributed by atoms with Crippen molar-refractivity contribution in [1.29, 1.82) is 5.26 Å². The Labute approximate surface area is 95.5 Å². The maximum atomic E-state index is 10.6. The van der Waals surface area contributed by atoms with Crippen molar-refractivity contribution in [2.24, 2.45) is 0 Å². The van der Waals surface area contributed by atoms with Crippen molar-refractivity contribution in [1.82, 2.24) is 4.98 Å². The van der Waals surface area contributed by atoms with E-state index >= 15 is 0 Å². The molecule has 2 atom stereocenters. The van der Waals surface area contributed by atoms with Crippen molar-refractivity contribution < 1.29 is 20.2 Å². The molecule has 0 aliphatic carbocycles. The van der Waals surface area contributed by atoms with Crippen molar-refractivity contribution in [2.75, 3.05) is 6.61 Å². The number of aliphatic hydroxyl groups excluding tert-OH is 3. The molecule has 0 aliphatic heterocycles. The third kappa shape index (κ3) is 2.73. The second kappa shape index (κ2) is 5.31. The van der Waals surface area contributed by atoms with Gasteiger partial charge in [-0.05, 0) is 0 Å². The molecular weight excluding hydrogens is 230 g/mol. The minimum Gasteiger partial charge on any atom is -0.394 e. The summed E-state index contributed by atoms with van der Waals surface area (Å²) in [5.41, 5.74) is -0.990. The lowest BCUT2D eigenvalue weighted by atomic mass is 10.1. The predicted molar refractivity (Wildman–Crippen MR) is 53.7 cm³/mol. The molecule has 0 fully saturated rings. The molecule has 3 N–H and O–H groups in total. The molecule has 1 rings (SSSR count). The van der Waals surface area contributed by atoms with Gasteiger partial charge >= 0.3 is 5.69 Å². The van der Waals surface area contributed by atoms with Gasteiger partial charge < -0.3 is 15.3 Å². The molecule has 0 saturated heterocycles. The monoisotopic (exact) mass is 239 g/mol. The van der Waals surface area contributed by atoms with Gasteiger partial charge in [-0.2, -0.15) is 5.26 Å². The molecule has 8 nitrogen and oxygen atoms in total. The van der Waals surface area contributed by atoms with E-state index in [9.17, 15) is 20.3 Å². The largest absolute Gasteiger partial charge is 0.394 e. The molecule has 2 unspecified atom stereocenters. The van der Waals surface area contributed by atoms with Crippen LogP contribution in [-0.2, 0) is 0 Å². The van der Waals surface area contributed by atoms with Crippen LogP contribution in [0.15, 0.2) is 12.3 Å². The van der Waals surface area contributed by atoms with E-state index in [1.807, 2.05) is 0 Å². The molecule has 1 aromatic rings. The zero-order valence-corrected chi connectivity index (χ0v) is 8.52.